The molecule has 0 aromatic rings. The molecule has 0 unspecified atom stereocenters. The SMILES string of the molecule is CC.CC(C)(O)O.CC1=CC(=O)CC1. The van der Waals surface area contributed by atoms with Gasteiger partial charge in [-0.15, -0.1) is 0 Å². The van der Waals surface area contributed by atoms with Crippen molar-refractivity contribution < 1.29 is 15.0 Å². The molecule has 84 valence electrons. The topological polar surface area (TPSA) is 57.5 Å². The zero-order chi connectivity index (χ0) is 11.8. The number of carbonyl (C=O) groups excluding carboxylic acids is 1. The number of rotatable bonds is 0. The van der Waals surface area contributed by atoms with Gasteiger partial charge < -0.3 is 10.2 Å². The van der Waals surface area contributed by atoms with Gasteiger partial charge in [0, 0.05) is 6.42 Å². The molecular weight excluding hydrogens is 180 g/mol. The van der Waals surface area contributed by atoms with Gasteiger partial charge in [-0.2, -0.15) is 0 Å². The summed E-state index contributed by atoms with van der Waals surface area (Å²) in [5.74, 6) is -1.21. The zero-order valence-electron chi connectivity index (χ0n) is 9.79. The van der Waals surface area contributed by atoms with E-state index >= 15 is 0 Å². The highest BCUT2D eigenvalue weighted by Crippen LogP contribution is 2.12. The van der Waals surface area contributed by atoms with Crippen LogP contribution < -0.4 is 0 Å². The van der Waals surface area contributed by atoms with Gasteiger partial charge in [-0.3, -0.25) is 4.79 Å². The fraction of sp³-hybridized carbons (Fsp3) is 0.727. The Morgan fingerprint density at radius 2 is 1.57 bits per heavy atom. The summed E-state index contributed by atoms with van der Waals surface area (Å²) >= 11 is 0. The van der Waals surface area contributed by atoms with Crippen molar-refractivity contribution in [3.63, 3.8) is 0 Å². The molecule has 0 fully saturated rings. The lowest BCUT2D eigenvalue weighted by molar-refractivity contribution is -0.127. The first-order chi connectivity index (χ1) is 6.29. The van der Waals surface area contributed by atoms with Crippen LogP contribution in [0.25, 0.3) is 0 Å². The van der Waals surface area contributed by atoms with Crippen LogP contribution in [-0.2, 0) is 4.79 Å². The van der Waals surface area contributed by atoms with Gasteiger partial charge in [0.1, 0.15) is 0 Å². The Kier molecular flexibility index (Phi) is 8.69. The molecule has 0 saturated carbocycles. The first kappa shape index (κ1) is 15.8. The molecule has 3 nitrogen and oxygen atoms in total. The molecule has 1 rings (SSSR count). The van der Waals surface area contributed by atoms with E-state index < -0.39 is 5.79 Å². The highest BCUT2D eigenvalue weighted by atomic mass is 16.5. The predicted octanol–water partition coefficient (Wildman–Crippen LogP) is 2.03. The summed E-state index contributed by atoms with van der Waals surface area (Å²) in [7, 11) is 0. The molecule has 3 heteroatoms. The van der Waals surface area contributed by atoms with E-state index in [1.807, 2.05) is 20.8 Å². The van der Waals surface area contributed by atoms with Crippen molar-refractivity contribution in [1.82, 2.24) is 0 Å². The van der Waals surface area contributed by atoms with Crippen molar-refractivity contribution in [2.75, 3.05) is 0 Å². The van der Waals surface area contributed by atoms with Gasteiger partial charge >= 0.3 is 0 Å². The predicted molar refractivity (Wildman–Crippen MR) is 57.9 cm³/mol. The van der Waals surface area contributed by atoms with E-state index in [9.17, 15) is 4.79 Å². The lowest BCUT2D eigenvalue weighted by Crippen LogP contribution is -2.15. The smallest absolute Gasteiger partial charge is 0.156 e. The summed E-state index contributed by atoms with van der Waals surface area (Å²) in [6.45, 7) is 8.59. The molecule has 0 aromatic carbocycles. The van der Waals surface area contributed by atoms with Crippen LogP contribution in [0.4, 0.5) is 0 Å². The lowest BCUT2D eigenvalue weighted by atomic mass is 10.3. The molecule has 1 aliphatic rings. The molecule has 0 aromatic heterocycles. The summed E-state index contributed by atoms with van der Waals surface area (Å²) in [6, 6.07) is 0. The molecule has 0 saturated heterocycles. The number of hydrogen-bond donors (Lipinski definition) is 2. The Hall–Kier alpha value is -0.670. The molecule has 1 aliphatic carbocycles. The van der Waals surface area contributed by atoms with Crippen molar-refractivity contribution in [3.8, 4) is 0 Å². The van der Waals surface area contributed by atoms with Crippen LogP contribution in [0, 0.1) is 0 Å². The Labute approximate surface area is 86.5 Å². The second kappa shape index (κ2) is 7.71. The molecule has 0 amide bonds. The fourth-order valence-electron chi connectivity index (χ4n) is 0.740. The highest BCUT2D eigenvalue weighted by Gasteiger charge is 2.05. The second-order valence-corrected chi connectivity index (χ2v) is 3.45. The average molecular weight is 202 g/mol. The minimum atomic E-state index is -1.50. The largest absolute Gasteiger partial charge is 0.366 e. The third-order valence-electron chi connectivity index (χ3n) is 1.17. The van der Waals surface area contributed by atoms with Gasteiger partial charge in [-0.25, -0.2) is 0 Å². The van der Waals surface area contributed by atoms with Crippen molar-refractivity contribution >= 4 is 5.78 Å². The van der Waals surface area contributed by atoms with Gasteiger partial charge in [0.15, 0.2) is 11.6 Å². The van der Waals surface area contributed by atoms with Crippen LogP contribution in [0.5, 0.6) is 0 Å². The molecular formula is C11H22O3. The van der Waals surface area contributed by atoms with Gasteiger partial charge in [0.05, 0.1) is 0 Å². The molecule has 0 bridgehead atoms. The first-order valence-electron chi connectivity index (χ1n) is 4.94. The Bertz CT molecular complexity index is 181. The summed E-state index contributed by atoms with van der Waals surface area (Å²) < 4.78 is 0. The maximum Gasteiger partial charge on any atom is 0.156 e. The fourth-order valence-corrected chi connectivity index (χ4v) is 0.740. The van der Waals surface area contributed by atoms with E-state index in [0.29, 0.717) is 0 Å². The summed E-state index contributed by atoms with van der Waals surface area (Å²) in [4.78, 5) is 10.4. The normalized spacial score (nSPS) is 14.8. The quantitative estimate of drug-likeness (QED) is 0.591. The maximum atomic E-state index is 10.4. The Morgan fingerprint density at radius 1 is 1.21 bits per heavy atom. The van der Waals surface area contributed by atoms with E-state index in [1.165, 1.54) is 19.4 Å². The first-order valence-corrected chi connectivity index (χ1v) is 4.94. The number of hydrogen-bond acceptors (Lipinski definition) is 3. The van der Waals surface area contributed by atoms with Crippen LogP contribution in [0.3, 0.4) is 0 Å². The molecule has 0 heterocycles. The van der Waals surface area contributed by atoms with Crippen LogP contribution in [0.15, 0.2) is 11.6 Å². The van der Waals surface area contributed by atoms with E-state index in [0.717, 1.165) is 12.8 Å². The van der Waals surface area contributed by atoms with E-state index in [4.69, 9.17) is 10.2 Å². The van der Waals surface area contributed by atoms with E-state index in [1.54, 1.807) is 6.08 Å². The van der Waals surface area contributed by atoms with Gasteiger partial charge in [-0.05, 0) is 33.3 Å². The highest BCUT2D eigenvalue weighted by molar-refractivity contribution is 5.92. The minimum absolute atomic E-state index is 0.289. The number of aliphatic hydroxyl groups is 2. The van der Waals surface area contributed by atoms with Crippen LogP contribution in [0.2, 0.25) is 0 Å². The molecule has 0 aliphatic heterocycles. The molecule has 0 atom stereocenters. The number of allylic oxidation sites excluding steroid dienone is 2. The van der Waals surface area contributed by atoms with E-state index in [2.05, 4.69) is 0 Å². The summed E-state index contributed by atoms with van der Waals surface area (Å²) in [5.41, 5.74) is 1.23. The van der Waals surface area contributed by atoms with Crippen LogP contribution in [-0.4, -0.2) is 21.8 Å². The van der Waals surface area contributed by atoms with E-state index in [-0.39, 0.29) is 5.78 Å². The van der Waals surface area contributed by atoms with Crippen molar-refractivity contribution in [2.24, 2.45) is 0 Å². The molecule has 2 N–H and O–H groups in total. The molecule has 0 radical (unpaired) electrons. The number of ketones is 1. The third-order valence-corrected chi connectivity index (χ3v) is 1.17. The van der Waals surface area contributed by atoms with Gasteiger partial charge in [-0.1, -0.05) is 19.4 Å². The monoisotopic (exact) mass is 202 g/mol. The van der Waals surface area contributed by atoms with Crippen molar-refractivity contribution in [3.05, 3.63) is 11.6 Å². The second-order valence-electron chi connectivity index (χ2n) is 3.45. The van der Waals surface area contributed by atoms with Gasteiger partial charge in [0.2, 0.25) is 0 Å². The lowest BCUT2D eigenvalue weighted by Gasteiger charge is -2.03. The molecule has 14 heavy (non-hydrogen) atoms. The van der Waals surface area contributed by atoms with Crippen LogP contribution in [0.1, 0.15) is 47.5 Å². The summed E-state index contributed by atoms with van der Waals surface area (Å²) in [5, 5.41) is 16.2. The molecule has 0 spiro atoms. The third kappa shape index (κ3) is 17.4. The number of carbonyl (C=O) groups is 1. The van der Waals surface area contributed by atoms with Crippen LogP contribution >= 0.6 is 0 Å². The Morgan fingerprint density at radius 3 is 1.64 bits per heavy atom. The van der Waals surface area contributed by atoms with Crippen molar-refractivity contribution in [1.29, 1.82) is 0 Å². The van der Waals surface area contributed by atoms with Crippen molar-refractivity contribution in [2.45, 2.75) is 53.2 Å². The maximum absolute atomic E-state index is 10.4. The standard InChI is InChI=1S/C6H8O.C3H8O2.C2H6/c1-5-2-3-6(7)4-5;1-3(2,4)5;1-2/h4H,2-3H2,1H3;4-5H,1-2H3;1-2H3. The Balaban J connectivity index is 0. The average Bonchev–Trinajstić information content (AvgIpc) is 2.35. The zero-order valence-corrected chi connectivity index (χ0v) is 9.79. The summed E-state index contributed by atoms with van der Waals surface area (Å²) in [6.07, 6.45) is 3.45. The van der Waals surface area contributed by atoms with Gasteiger partial charge in [0.25, 0.3) is 0 Å². The minimum Gasteiger partial charge on any atom is -0.366 e.